The van der Waals surface area contributed by atoms with Gasteiger partial charge in [-0.3, -0.25) is 0 Å². The van der Waals surface area contributed by atoms with Gasteiger partial charge in [-0.15, -0.1) is 10.2 Å². The molecule has 5 aromatic rings. The fourth-order valence-electron chi connectivity index (χ4n) is 3.51. The summed E-state index contributed by atoms with van der Waals surface area (Å²) in [5, 5.41) is 14.5. The Balaban J connectivity index is 1.57. The molecule has 29 heavy (non-hydrogen) atoms. The number of methoxy groups -OCH3 is 1. The number of hydrogen-bond donors (Lipinski definition) is 1. The average Bonchev–Trinajstić information content (AvgIpc) is 3.14. The first kappa shape index (κ1) is 17.2. The summed E-state index contributed by atoms with van der Waals surface area (Å²) in [4.78, 5) is 4.43. The number of imidazole rings is 1. The Hall–Kier alpha value is -3.93. The van der Waals surface area contributed by atoms with E-state index >= 15 is 0 Å². The molecule has 0 bridgehead atoms. The van der Waals surface area contributed by atoms with E-state index in [0.29, 0.717) is 5.82 Å². The van der Waals surface area contributed by atoms with Crippen LogP contribution in [0.3, 0.4) is 0 Å². The van der Waals surface area contributed by atoms with E-state index in [4.69, 9.17) is 4.74 Å². The Morgan fingerprint density at radius 1 is 0.897 bits per heavy atom. The predicted molar refractivity (Wildman–Crippen MR) is 116 cm³/mol. The van der Waals surface area contributed by atoms with Crippen LogP contribution in [0.5, 0.6) is 5.75 Å². The summed E-state index contributed by atoms with van der Waals surface area (Å²) in [6.45, 7) is 0. The molecule has 0 aliphatic heterocycles. The quantitative estimate of drug-likeness (QED) is 0.478. The summed E-state index contributed by atoms with van der Waals surface area (Å²) in [6, 6.07) is 22.1. The predicted octanol–water partition coefficient (Wildman–Crippen LogP) is 4.94. The molecule has 2 aromatic heterocycles. The summed E-state index contributed by atoms with van der Waals surface area (Å²) >= 11 is 0. The van der Waals surface area contributed by atoms with Gasteiger partial charge in [0.25, 0.3) is 0 Å². The first-order valence-electron chi connectivity index (χ1n) is 9.31. The highest BCUT2D eigenvalue weighted by atomic mass is 16.5. The molecule has 1 N–H and O–H groups in total. The van der Waals surface area contributed by atoms with Crippen molar-refractivity contribution in [2.75, 3.05) is 12.4 Å². The molecule has 3 aromatic carbocycles. The lowest BCUT2D eigenvalue weighted by atomic mass is 10.0. The van der Waals surface area contributed by atoms with Gasteiger partial charge in [0.1, 0.15) is 11.4 Å². The van der Waals surface area contributed by atoms with E-state index in [1.54, 1.807) is 7.11 Å². The van der Waals surface area contributed by atoms with Crippen molar-refractivity contribution in [3.05, 3.63) is 73.1 Å². The number of nitrogens with one attached hydrogen (secondary N) is 1. The van der Waals surface area contributed by atoms with Crippen LogP contribution in [0.15, 0.2) is 73.1 Å². The molecule has 5 rings (SSSR count). The molecule has 0 aliphatic carbocycles. The fraction of sp³-hybridized carbons (Fsp3) is 0.0870. The molecule has 2 heterocycles. The van der Waals surface area contributed by atoms with Gasteiger partial charge in [0.05, 0.1) is 24.5 Å². The van der Waals surface area contributed by atoms with Gasteiger partial charge in [-0.1, -0.05) is 24.3 Å². The van der Waals surface area contributed by atoms with Gasteiger partial charge >= 0.3 is 0 Å². The molecule has 142 valence electrons. The number of aromatic nitrogens is 4. The zero-order chi connectivity index (χ0) is 19.8. The third-order valence-corrected chi connectivity index (χ3v) is 5.04. The van der Waals surface area contributed by atoms with Crippen molar-refractivity contribution in [2.24, 2.45) is 7.05 Å². The second-order valence-corrected chi connectivity index (χ2v) is 6.86. The Bertz CT molecular complexity index is 1320. The Labute approximate surface area is 167 Å². The van der Waals surface area contributed by atoms with Gasteiger partial charge < -0.3 is 14.6 Å². The number of benzene rings is 3. The summed E-state index contributed by atoms with van der Waals surface area (Å²) in [5.74, 6) is 1.53. The number of aryl methyl sites for hydroxylation is 1. The van der Waals surface area contributed by atoms with E-state index < -0.39 is 0 Å². The standard InChI is InChI=1S/C23H19N5O/c1-28-14-24-20-13-16(9-12-21(20)28)25-23-19-6-4-3-5-18(19)22(26-27-23)15-7-10-17(29-2)11-8-15/h3-14H,1-2H3,(H,25,27). The van der Waals surface area contributed by atoms with E-state index in [1.165, 1.54) is 0 Å². The minimum atomic E-state index is 0.716. The summed E-state index contributed by atoms with van der Waals surface area (Å²) in [5.41, 5.74) is 4.78. The van der Waals surface area contributed by atoms with Gasteiger partial charge in [-0.05, 0) is 42.5 Å². The molecule has 0 aliphatic rings. The molecule has 6 heteroatoms. The third kappa shape index (κ3) is 3.04. The number of ether oxygens (including phenoxy) is 1. The molecule has 0 fully saturated rings. The Morgan fingerprint density at radius 2 is 1.69 bits per heavy atom. The van der Waals surface area contributed by atoms with Crippen LogP contribution in [-0.2, 0) is 7.05 Å². The molecular formula is C23H19N5O. The smallest absolute Gasteiger partial charge is 0.161 e. The van der Waals surface area contributed by atoms with Crippen molar-refractivity contribution in [1.82, 2.24) is 19.7 Å². The molecular weight excluding hydrogens is 362 g/mol. The maximum Gasteiger partial charge on any atom is 0.161 e. The van der Waals surface area contributed by atoms with Crippen molar-refractivity contribution in [3.63, 3.8) is 0 Å². The SMILES string of the molecule is COc1ccc(-c2nnc(Nc3ccc4c(c3)ncn4C)c3ccccc23)cc1. The average molecular weight is 381 g/mol. The normalized spacial score (nSPS) is 11.1. The summed E-state index contributed by atoms with van der Waals surface area (Å²) in [7, 11) is 3.65. The van der Waals surface area contributed by atoms with Crippen LogP contribution in [-0.4, -0.2) is 26.9 Å². The molecule has 0 saturated heterocycles. The van der Waals surface area contributed by atoms with Gasteiger partial charge in [0.15, 0.2) is 5.82 Å². The van der Waals surface area contributed by atoms with Crippen LogP contribution in [0.25, 0.3) is 33.1 Å². The van der Waals surface area contributed by atoms with Crippen LogP contribution in [0.2, 0.25) is 0 Å². The van der Waals surface area contributed by atoms with Crippen molar-refractivity contribution in [1.29, 1.82) is 0 Å². The Morgan fingerprint density at radius 3 is 2.48 bits per heavy atom. The van der Waals surface area contributed by atoms with Crippen LogP contribution >= 0.6 is 0 Å². The summed E-state index contributed by atoms with van der Waals surface area (Å²) < 4.78 is 7.26. The summed E-state index contributed by atoms with van der Waals surface area (Å²) in [6.07, 6.45) is 1.81. The molecule has 6 nitrogen and oxygen atoms in total. The van der Waals surface area contributed by atoms with Crippen LogP contribution < -0.4 is 10.1 Å². The van der Waals surface area contributed by atoms with Crippen molar-refractivity contribution in [2.45, 2.75) is 0 Å². The number of fused-ring (bicyclic) bond motifs is 2. The molecule has 0 radical (unpaired) electrons. The highest BCUT2D eigenvalue weighted by Crippen LogP contribution is 2.32. The van der Waals surface area contributed by atoms with E-state index in [-0.39, 0.29) is 0 Å². The zero-order valence-electron chi connectivity index (χ0n) is 16.1. The van der Waals surface area contributed by atoms with Crippen molar-refractivity contribution < 1.29 is 4.74 Å². The van der Waals surface area contributed by atoms with Gasteiger partial charge in [0.2, 0.25) is 0 Å². The fourth-order valence-corrected chi connectivity index (χ4v) is 3.51. The maximum absolute atomic E-state index is 5.26. The second kappa shape index (κ2) is 6.91. The lowest BCUT2D eigenvalue weighted by Gasteiger charge is -2.11. The molecule has 0 spiro atoms. The number of hydrogen-bond acceptors (Lipinski definition) is 5. The highest BCUT2D eigenvalue weighted by molar-refractivity contribution is 6.01. The lowest BCUT2D eigenvalue weighted by Crippen LogP contribution is -1.99. The van der Waals surface area contributed by atoms with E-state index in [2.05, 4.69) is 32.6 Å². The molecule has 0 saturated carbocycles. The van der Waals surface area contributed by atoms with E-state index in [0.717, 1.165) is 44.5 Å². The van der Waals surface area contributed by atoms with Crippen LogP contribution in [0, 0.1) is 0 Å². The first-order chi connectivity index (χ1) is 14.2. The van der Waals surface area contributed by atoms with Crippen molar-refractivity contribution >= 4 is 33.3 Å². The minimum absolute atomic E-state index is 0.716. The topological polar surface area (TPSA) is 64.9 Å². The zero-order valence-corrected chi connectivity index (χ0v) is 16.1. The number of rotatable bonds is 4. The van der Waals surface area contributed by atoms with Crippen LogP contribution in [0.4, 0.5) is 11.5 Å². The number of anilines is 2. The van der Waals surface area contributed by atoms with Crippen LogP contribution in [0.1, 0.15) is 0 Å². The number of nitrogens with zero attached hydrogens (tertiary/aromatic N) is 4. The first-order valence-corrected chi connectivity index (χ1v) is 9.31. The molecule has 0 amide bonds. The monoisotopic (exact) mass is 381 g/mol. The largest absolute Gasteiger partial charge is 0.497 e. The van der Waals surface area contributed by atoms with Crippen molar-refractivity contribution in [3.8, 4) is 17.0 Å². The van der Waals surface area contributed by atoms with Gasteiger partial charge in [0, 0.05) is 29.1 Å². The highest BCUT2D eigenvalue weighted by Gasteiger charge is 2.12. The van der Waals surface area contributed by atoms with Gasteiger partial charge in [-0.25, -0.2) is 4.98 Å². The van der Waals surface area contributed by atoms with E-state index in [1.807, 2.05) is 72.5 Å². The molecule has 0 atom stereocenters. The minimum Gasteiger partial charge on any atom is -0.497 e. The van der Waals surface area contributed by atoms with Gasteiger partial charge in [-0.2, -0.15) is 0 Å². The Kier molecular flexibility index (Phi) is 4.09. The third-order valence-electron chi connectivity index (χ3n) is 5.04. The second-order valence-electron chi connectivity index (χ2n) is 6.86. The molecule has 0 unspecified atom stereocenters. The lowest BCUT2D eigenvalue weighted by molar-refractivity contribution is 0.415. The maximum atomic E-state index is 5.26. The van der Waals surface area contributed by atoms with E-state index in [9.17, 15) is 0 Å².